The van der Waals surface area contributed by atoms with E-state index in [1.807, 2.05) is 0 Å². The number of benzene rings is 1. The predicted octanol–water partition coefficient (Wildman–Crippen LogP) is 2.92. The Morgan fingerprint density at radius 2 is 1.94 bits per heavy atom. The van der Waals surface area contributed by atoms with Crippen molar-refractivity contribution in [1.82, 2.24) is 4.90 Å². The normalized spacial score (nSPS) is 12.8. The summed E-state index contributed by atoms with van der Waals surface area (Å²) >= 11 is 1.74. The van der Waals surface area contributed by atoms with E-state index >= 15 is 0 Å². The molecule has 0 amide bonds. The van der Waals surface area contributed by atoms with Crippen LogP contribution in [0.4, 0.5) is 0 Å². The van der Waals surface area contributed by atoms with Crippen molar-refractivity contribution >= 4 is 11.3 Å². The van der Waals surface area contributed by atoms with Gasteiger partial charge in [0.1, 0.15) is 0 Å². The van der Waals surface area contributed by atoms with Gasteiger partial charge in [-0.25, -0.2) is 0 Å². The molecule has 2 aromatic rings. The second-order valence-corrected chi connectivity index (χ2v) is 5.60. The Morgan fingerprint density at radius 1 is 1.17 bits per heavy atom. The quantitative estimate of drug-likeness (QED) is 0.865. The standard InChI is InChI=1S/C15H20N2S/c1-17(10-9-13-6-3-2-4-7-13)12-14(16)15-8-5-11-18-15/h2-8,11,14H,9-10,12,16H2,1H3. The first kappa shape index (κ1) is 13.3. The van der Waals surface area contributed by atoms with Crippen LogP contribution in [0, 0.1) is 0 Å². The number of hydrogen-bond donors (Lipinski definition) is 1. The molecule has 18 heavy (non-hydrogen) atoms. The first-order valence-corrected chi connectivity index (χ1v) is 7.15. The van der Waals surface area contributed by atoms with Crippen LogP contribution in [0.1, 0.15) is 16.5 Å². The van der Waals surface area contributed by atoms with Crippen molar-refractivity contribution in [2.24, 2.45) is 5.73 Å². The van der Waals surface area contributed by atoms with Crippen LogP contribution < -0.4 is 5.73 Å². The minimum atomic E-state index is 0.130. The molecule has 1 heterocycles. The summed E-state index contributed by atoms with van der Waals surface area (Å²) in [5.41, 5.74) is 7.56. The van der Waals surface area contributed by atoms with E-state index in [0.717, 1.165) is 19.5 Å². The van der Waals surface area contributed by atoms with Crippen molar-refractivity contribution in [3.63, 3.8) is 0 Å². The van der Waals surface area contributed by atoms with Crippen molar-refractivity contribution in [2.45, 2.75) is 12.5 Å². The Balaban J connectivity index is 1.77. The zero-order valence-corrected chi connectivity index (χ0v) is 11.6. The van der Waals surface area contributed by atoms with Crippen molar-refractivity contribution in [3.8, 4) is 0 Å². The van der Waals surface area contributed by atoms with Crippen molar-refractivity contribution in [3.05, 3.63) is 58.3 Å². The highest BCUT2D eigenvalue weighted by Gasteiger charge is 2.09. The SMILES string of the molecule is CN(CCc1ccccc1)CC(N)c1cccs1. The largest absolute Gasteiger partial charge is 0.322 e. The Kier molecular flexibility index (Phi) is 4.93. The van der Waals surface area contributed by atoms with Crippen LogP contribution in [0.2, 0.25) is 0 Å². The molecule has 1 atom stereocenters. The van der Waals surface area contributed by atoms with E-state index in [9.17, 15) is 0 Å². The highest BCUT2D eigenvalue weighted by molar-refractivity contribution is 7.10. The summed E-state index contributed by atoms with van der Waals surface area (Å²) < 4.78 is 0. The fourth-order valence-electron chi connectivity index (χ4n) is 1.98. The third-order valence-electron chi connectivity index (χ3n) is 3.04. The van der Waals surface area contributed by atoms with Crippen LogP contribution in [-0.4, -0.2) is 25.0 Å². The molecular formula is C15H20N2S. The van der Waals surface area contributed by atoms with Gasteiger partial charge in [0.25, 0.3) is 0 Å². The average molecular weight is 260 g/mol. The number of rotatable bonds is 6. The summed E-state index contributed by atoms with van der Waals surface area (Å²) in [5, 5.41) is 2.08. The highest BCUT2D eigenvalue weighted by Crippen LogP contribution is 2.17. The van der Waals surface area contributed by atoms with Crippen LogP contribution in [0.5, 0.6) is 0 Å². The van der Waals surface area contributed by atoms with Crippen molar-refractivity contribution in [1.29, 1.82) is 0 Å². The number of hydrogen-bond acceptors (Lipinski definition) is 3. The van der Waals surface area contributed by atoms with E-state index in [1.54, 1.807) is 11.3 Å². The lowest BCUT2D eigenvalue weighted by Crippen LogP contribution is -2.30. The zero-order valence-electron chi connectivity index (χ0n) is 10.8. The predicted molar refractivity (Wildman–Crippen MR) is 78.9 cm³/mol. The van der Waals surface area contributed by atoms with E-state index in [2.05, 4.69) is 59.8 Å². The van der Waals surface area contributed by atoms with Gasteiger partial charge in [-0.05, 0) is 30.5 Å². The van der Waals surface area contributed by atoms with E-state index in [4.69, 9.17) is 5.73 Å². The molecule has 0 saturated heterocycles. The van der Waals surface area contributed by atoms with Crippen LogP contribution in [0.25, 0.3) is 0 Å². The van der Waals surface area contributed by atoms with Gasteiger partial charge in [0, 0.05) is 18.0 Å². The summed E-state index contributed by atoms with van der Waals surface area (Å²) in [5.74, 6) is 0. The molecule has 0 fully saturated rings. The molecule has 2 rings (SSSR count). The molecule has 0 bridgehead atoms. The van der Waals surface area contributed by atoms with E-state index in [0.29, 0.717) is 0 Å². The molecule has 96 valence electrons. The molecule has 0 aliphatic heterocycles. The molecule has 1 aromatic heterocycles. The highest BCUT2D eigenvalue weighted by atomic mass is 32.1. The van der Waals surface area contributed by atoms with Gasteiger partial charge in [-0.3, -0.25) is 0 Å². The van der Waals surface area contributed by atoms with E-state index < -0.39 is 0 Å². The van der Waals surface area contributed by atoms with Crippen LogP contribution >= 0.6 is 11.3 Å². The molecular weight excluding hydrogens is 240 g/mol. The number of thiophene rings is 1. The molecule has 0 aliphatic rings. The molecule has 1 unspecified atom stereocenters. The van der Waals surface area contributed by atoms with Crippen LogP contribution in [0.15, 0.2) is 47.8 Å². The molecule has 2 N–H and O–H groups in total. The molecule has 3 heteroatoms. The third-order valence-corrected chi connectivity index (χ3v) is 4.05. The maximum Gasteiger partial charge on any atom is 0.0518 e. The summed E-state index contributed by atoms with van der Waals surface area (Å²) in [6.07, 6.45) is 1.08. The Bertz CT molecular complexity index is 439. The topological polar surface area (TPSA) is 29.3 Å². The Morgan fingerprint density at radius 3 is 2.61 bits per heavy atom. The summed E-state index contributed by atoms with van der Waals surface area (Å²) in [7, 11) is 2.14. The Hall–Kier alpha value is -1.16. The summed E-state index contributed by atoms with van der Waals surface area (Å²) in [6, 6.07) is 14.9. The molecule has 1 aromatic carbocycles. The summed E-state index contributed by atoms with van der Waals surface area (Å²) in [4.78, 5) is 3.57. The van der Waals surface area contributed by atoms with Gasteiger partial charge >= 0.3 is 0 Å². The maximum absolute atomic E-state index is 6.18. The summed E-state index contributed by atoms with van der Waals surface area (Å²) in [6.45, 7) is 1.95. The van der Waals surface area contributed by atoms with Gasteiger partial charge < -0.3 is 10.6 Å². The van der Waals surface area contributed by atoms with Gasteiger partial charge in [-0.15, -0.1) is 11.3 Å². The molecule has 2 nitrogen and oxygen atoms in total. The molecule has 0 spiro atoms. The van der Waals surface area contributed by atoms with Gasteiger partial charge in [0.05, 0.1) is 6.04 Å². The molecule has 0 radical (unpaired) electrons. The number of likely N-dealkylation sites (N-methyl/N-ethyl adjacent to an activating group) is 1. The fraction of sp³-hybridized carbons (Fsp3) is 0.333. The Labute approximate surface area is 113 Å². The lowest BCUT2D eigenvalue weighted by molar-refractivity contribution is 0.318. The molecule has 0 aliphatic carbocycles. The smallest absolute Gasteiger partial charge is 0.0518 e. The first-order valence-electron chi connectivity index (χ1n) is 6.27. The minimum Gasteiger partial charge on any atom is -0.322 e. The van der Waals surface area contributed by atoms with Crippen LogP contribution in [-0.2, 0) is 6.42 Å². The van der Waals surface area contributed by atoms with E-state index in [1.165, 1.54) is 10.4 Å². The average Bonchev–Trinajstić information content (AvgIpc) is 2.91. The third kappa shape index (κ3) is 3.95. The maximum atomic E-state index is 6.18. The monoisotopic (exact) mass is 260 g/mol. The van der Waals surface area contributed by atoms with Gasteiger partial charge in [0.2, 0.25) is 0 Å². The van der Waals surface area contributed by atoms with Crippen molar-refractivity contribution < 1.29 is 0 Å². The second-order valence-electron chi connectivity index (χ2n) is 4.62. The lowest BCUT2D eigenvalue weighted by atomic mass is 10.1. The minimum absolute atomic E-state index is 0.130. The van der Waals surface area contributed by atoms with E-state index in [-0.39, 0.29) is 6.04 Å². The fourth-order valence-corrected chi connectivity index (χ4v) is 2.70. The van der Waals surface area contributed by atoms with Gasteiger partial charge in [-0.2, -0.15) is 0 Å². The van der Waals surface area contributed by atoms with Crippen LogP contribution in [0.3, 0.4) is 0 Å². The second kappa shape index (κ2) is 6.69. The van der Waals surface area contributed by atoms with Crippen molar-refractivity contribution in [2.75, 3.05) is 20.1 Å². The first-order chi connectivity index (χ1) is 8.75. The zero-order chi connectivity index (χ0) is 12.8. The molecule has 0 saturated carbocycles. The number of nitrogens with two attached hydrogens (primary N) is 1. The van der Waals surface area contributed by atoms with Gasteiger partial charge in [-0.1, -0.05) is 36.4 Å². The van der Waals surface area contributed by atoms with Gasteiger partial charge in [0.15, 0.2) is 0 Å². The number of nitrogens with zero attached hydrogens (tertiary/aromatic N) is 1. The lowest BCUT2D eigenvalue weighted by Gasteiger charge is -2.20.